The lowest BCUT2D eigenvalue weighted by atomic mass is 10.1. The molecule has 0 aliphatic carbocycles. The molecule has 1 N–H and O–H groups in total. The Morgan fingerprint density at radius 2 is 1.91 bits per heavy atom. The molecule has 2 heterocycles. The van der Waals surface area contributed by atoms with E-state index in [2.05, 4.69) is 19.9 Å². The molecule has 0 bridgehead atoms. The average Bonchev–Trinajstić information content (AvgIpc) is 2.82. The van der Waals surface area contributed by atoms with Crippen molar-refractivity contribution in [1.82, 2.24) is 4.98 Å². The molecule has 3 aromatic rings. The number of rotatable bonds is 7. The van der Waals surface area contributed by atoms with Crippen LogP contribution in [0.15, 0.2) is 59.6 Å². The predicted octanol–water partition coefficient (Wildman–Crippen LogP) is 5.47. The van der Waals surface area contributed by atoms with E-state index >= 15 is 0 Å². The lowest BCUT2D eigenvalue weighted by Crippen LogP contribution is -2.41. The minimum Gasteiger partial charge on any atom is -0.457 e. The molecule has 1 aliphatic heterocycles. The van der Waals surface area contributed by atoms with Gasteiger partial charge in [-0.05, 0) is 48.7 Å². The van der Waals surface area contributed by atoms with Crippen LogP contribution in [-0.2, 0) is 15.6 Å². The molecule has 0 saturated heterocycles. The number of hydrogen-bond donors (Lipinski definition) is 1. The van der Waals surface area contributed by atoms with Crippen molar-refractivity contribution < 1.29 is 36.6 Å². The number of carbonyl (C=O) groups excluding carboxylic acids is 1. The highest BCUT2D eigenvalue weighted by atomic mass is 32.2. The van der Waals surface area contributed by atoms with E-state index in [1.165, 1.54) is 24.0 Å². The molecule has 13 heteroatoms. The van der Waals surface area contributed by atoms with E-state index in [1.54, 1.807) is 30.5 Å². The zero-order valence-corrected chi connectivity index (χ0v) is 18.5. The van der Waals surface area contributed by atoms with Crippen molar-refractivity contribution in [3.8, 4) is 23.3 Å². The van der Waals surface area contributed by atoms with Crippen molar-refractivity contribution in [2.45, 2.75) is 17.3 Å². The van der Waals surface area contributed by atoms with E-state index in [0.29, 0.717) is 28.5 Å². The zero-order valence-electron chi connectivity index (χ0n) is 17.7. The van der Waals surface area contributed by atoms with Gasteiger partial charge in [0.25, 0.3) is 0 Å². The largest absolute Gasteiger partial charge is 0.540 e. The number of ether oxygens (including phenoxy) is 3. The van der Waals surface area contributed by atoms with Gasteiger partial charge in [0, 0.05) is 17.2 Å². The molecule has 0 saturated carbocycles. The van der Waals surface area contributed by atoms with Crippen LogP contribution in [0.25, 0.3) is 0 Å². The number of carbonyl (C=O) groups is 1. The van der Waals surface area contributed by atoms with Crippen molar-refractivity contribution in [3.05, 3.63) is 66.0 Å². The van der Waals surface area contributed by atoms with Crippen LogP contribution in [0.2, 0.25) is 0 Å². The van der Waals surface area contributed by atoms with E-state index in [0.717, 1.165) is 23.2 Å². The Kier molecular flexibility index (Phi) is 6.42. The van der Waals surface area contributed by atoms with Crippen molar-refractivity contribution in [1.29, 1.82) is 5.26 Å². The summed E-state index contributed by atoms with van der Waals surface area (Å²) in [6.07, 6.45) is -5.31. The molecular formula is C22H14F4N4O4S. The van der Waals surface area contributed by atoms with Gasteiger partial charge in [0.15, 0.2) is 0 Å². The number of pyridine rings is 1. The smallest absolute Gasteiger partial charge is 0.457 e. The molecule has 2 aromatic carbocycles. The van der Waals surface area contributed by atoms with E-state index < -0.39 is 23.7 Å². The van der Waals surface area contributed by atoms with Crippen LogP contribution in [0.4, 0.5) is 28.9 Å². The van der Waals surface area contributed by atoms with Crippen LogP contribution in [0.5, 0.6) is 17.2 Å². The summed E-state index contributed by atoms with van der Waals surface area (Å²) < 4.78 is 68.1. The first-order valence-corrected chi connectivity index (χ1v) is 10.9. The van der Waals surface area contributed by atoms with Gasteiger partial charge in [-0.2, -0.15) is 14.0 Å². The molecule has 35 heavy (non-hydrogen) atoms. The average molecular weight is 506 g/mol. The van der Waals surface area contributed by atoms with Crippen molar-refractivity contribution >= 4 is 29.5 Å². The summed E-state index contributed by atoms with van der Waals surface area (Å²) in [5.74, 6) is 0.0444. The number of hydrazine groups is 1. The molecule has 0 spiro atoms. The van der Waals surface area contributed by atoms with Gasteiger partial charge in [-0.1, -0.05) is 0 Å². The van der Waals surface area contributed by atoms with Gasteiger partial charge in [0.1, 0.15) is 29.0 Å². The predicted molar refractivity (Wildman–Crippen MR) is 116 cm³/mol. The normalized spacial score (nSPS) is 15.2. The van der Waals surface area contributed by atoms with E-state index in [4.69, 9.17) is 10.00 Å². The molecule has 1 aromatic heterocycles. The zero-order chi connectivity index (χ0) is 25.2. The standard InChI is InChI=1S/C22H14F4N4O4S/c1-35-20-10-15(32-16-6-7-28-13(8-16)11-27)3-4-18(20)29-30(12-31)14-2-5-19-17(9-14)21(23,24)34-22(25,26)33-19/h2-10,12,29H,1H3. The van der Waals surface area contributed by atoms with E-state index in [9.17, 15) is 22.4 Å². The van der Waals surface area contributed by atoms with Gasteiger partial charge >= 0.3 is 12.4 Å². The Labute approximate surface area is 200 Å². The number of halogens is 4. The second-order valence-electron chi connectivity index (χ2n) is 6.90. The lowest BCUT2D eigenvalue weighted by molar-refractivity contribution is -0.461. The Bertz CT molecular complexity index is 1320. The number of alkyl halides is 4. The maximum Gasteiger partial charge on any atom is 0.540 e. The third-order valence-electron chi connectivity index (χ3n) is 4.63. The fourth-order valence-corrected chi connectivity index (χ4v) is 3.69. The topological polar surface area (TPSA) is 96.7 Å². The fraction of sp³-hybridized carbons (Fsp3) is 0.136. The molecule has 0 radical (unpaired) electrons. The number of anilines is 2. The highest BCUT2D eigenvalue weighted by Gasteiger charge is 2.54. The number of amides is 1. The van der Waals surface area contributed by atoms with Crippen LogP contribution < -0.4 is 19.9 Å². The summed E-state index contributed by atoms with van der Waals surface area (Å²) in [4.78, 5) is 16.2. The highest BCUT2D eigenvalue weighted by Crippen LogP contribution is 2.47. The Morgan fingerprint density at radius 1 is 1.14 bits per heavy atom. The van der Waals surface area contributed by atoms with Crippen molar-refractivity contribution in [3.63, 3.8) is 0 Å². The molecule has 1 aliphatic rings. The third kappa shape index (κ3) is 5.23. The Hall–Kier alpha value is -4.02. The fourth-order valence-electron chi connectivity index (χ4n) is 3.12. The number of nitrogens with zero attached hydrogens (tertiary/aromatic N) is 3. The minimum absolute atomic E-state index is 0.0796. The lowest BCUT2D eigenvalue weighted by Gasteiger charge is -2.31. The summed E-state index contributed by atoms with van der Waals surface area (Å²) in [6.45, 7) is 0. The second kappa shape index (κ2) is 9.32. The van der Waals surface area contributed by atoms with E-state index in [-0.39, 0.29) is 11.4 Å². The Morgan fingerprint density at radius 3 is 2.63 bits per heavy atom. The molecular weight excluding hydrogens is 492 g/mol. The van der Waals surface area contributed by atoms with Crippen LogP contribution in [-0.4, -0.2) is 23.9 Å². The maximum atomic E-state index is 14.1. The first-order chi connectivity index (χ1) is 16.6. The number of thioether (sulfide) groups is 1. The summed E-state index contributed by atoms with van der Waals surface area (Å²) >= 11 is 1.30. The summed E-state index contributed by atoms with van der Waals surface area (Å²) in [5.41, 5.74) is 2.35. The molecule has 8 nitrogen and oxygen atoms in total. The maximum absolute atomic E-state index is 14.1. The summed E-state index contributed by atoms with van der Waals surface area (Å²) in [6, 6.07) is 12.6. The summed E-state index contributed by atoms with van der Waals surface area (Å²) in [5, 5.41) is 9.85. The minimum atomic E-state index is -4.50. The number of benzene rings is 2. The first-order valence-electron chi connectivity index (χ1n) is 9.66. The number of hydrogen-bond acceptors (Lipinski definition) is 8. The van der Waals surface area contributed by atoms with Gasteiger partial charge in [0.05, 0.1) is 16.9 Å². The van der Waals surface area contributed by atoms with E-state index in [1.807, 2.05) is 6.07 Å². The molecule has 4 rings (SSSR count). The number of nitrogens with one attached hydrogen (secondary N) is 1. The molecule has 0 fully saturated rings. The summed E-state index contributed by atoms with van der Waals surface area (Å²) in [7, 11) is 0. The van der Waals surface area contributed by atoms with Crippen LogP contribution in [0, 0.1) is 11.3 Å². The monoisotopic (exact) mass is 506 g/mol. The van der Waals surface area contributed by atoms with Gasteiger partial charge < -0.3 is 9.47 Å². The van der Waals surface area contributed by atoms with Crippen LogP contribution in [0.1, 0.15) is 11.3 Å². The van der Waals surface area contributed by atoms with Crippen molar-refractivity contribution in [2.24, 2.45) is 0 Å². The number of aromatic nitrogens is 1. The SMILES string of the molecule is CSc1cc(Oc2ccnc(C#N)c2)ccc1NN(C=O)c1ccc2c(c1)C(F)(F)OC(F)(F)O2. The first kappa shape index (κ1) is 24.1. The van der Waals surface area contributed by atoms with Gasteiger partial charge in [-0.25, -0.2) is 14.7 Å². The van der Waals surface area contributed by atoms with Crippen LogP contribution in [0.3, 0.4) is 0 Å². The second-order valence-corrected chi connectivity index (χ2v) is 7.75. The highest BCUT2D eigenvalue weighted by molar-refractivity contribution is 7.98. The third-order valence-corrected chi connectivity index (χ3v) is 5.41. The van der Waals surface area contributed by atoms with Gasteiger partial charge in [-0.15, -0.1) is 20.5 Å². The molecule has 0 atom stereocenters. The van der Waals surface area contributed by atoms with Crippen LogP contribution >= 0.6 is 11.8 Å². The quantitative estimate of drug-likeness (QED) is 0.195. The number of fused-ring (bicyclic) bond motifs is 1. The molecule has 1 amide bonds. The van der Waals surface area contributed by atoms with Gasteiger partial charge in [0.2, 0.25) is 6.41 Å². The number of nitriles is 1. The Balaban J connectivity index is 1.58. The van der Waals surface area contributed by atoms with Crippen molar-refractivity contribution in [2.75, 3.05) is 16.7 Å². The molecule has 180 valence electrons. The van der Waals surface area contributed by atoms with Gasteiger partial charge in [-0.3, -0.25) is 10.2 Å². The molecule has 0 unspecified atom stereocenters.